The highest BCUT2D eigenvalue weighted by Gasteiger charge is 2.16. The fraction of sp³-hybridized carbons (Fsp3) is 0.308. The van der Waals surface area contributed by atoms with E-state index in [-0.39, 0.29) is 11.9 Å². The Labute approximate surface area is 96.0 Å². The smallest absolute Gasteiger partial charge is 0.241 e. The van der Waals surface area contributed by atoms with Crippen molar-refractivity contribution < 1.29 is 4.79 Å². The molecule has 0 saturated heterocycles. The number of terminal acetylenes is 1. The van der Waals surface area contributed by atoms with Gasteiger partial charge in [-0.1, -0.05) is 30.3 Å². The second-order valence-corrected chi connectivity index (χ2v) is 3.71. The Kier molecular flexibility index (Phi) is 4.56. The molecule has 0 radical (unpaired) electrons. The van der Waals surface area contributed by atoms with Crippen LogP contribution in [0.1, 0.15) is 24.9 Å². The van der Waals surface area contributed by atoms with Crippen molar-refractivity contribution in [2.75, 3.05) is 0 Å². The predicted octanol–water partition coefficient (Wildman–Crippen LogP) is 1.21. The van der Waals surface area contributed by atoms with Gasteiger partial charge >= 0.3 is 0 Å². The molecule has 1 rings (SSSR count). The molecule has 1 amide bonds. The molecule has 2 atom stereocenters. The van der Waals surface area contributed by atoms with Gasteiger partial charge in [0.2, 0.25) is 5.91 Å². The average Bonchev–Trinajstić information content (AvgIpc) is 2.29. The molecule has 0 spiro atoms. The van der Waals surface area contributed by atoms with Crippen LogP contribution in [0.3, 0.4) is 0 Å². The number of rotatable bonds is 4. The van der Waals surface area contributed by atoms with E-state index in [0.717, 1.165) is 5.56 Å². The van der Waals surface area contributed by atoms with Crippen molar-refractivity contribution in [2.45, 2.75) is 25.4 Å². The van der Waals surface area contributed by atoms with Crippen LogP contribution < -0.4 is 11.1 Å². The molecule has 0 aromatic heterocycles. The molecule has 0 aliphatic heterocycles. The number of carbonyl (C=O) groups excluding carboxylic acids is 1. The van der Waals surface area contributed by atoms with Gasteiger partial charge in [-0.2, -0.15) is 0 Å². The largest absolute Gasteiger partial charge is 0.351 e. The van der Waals surface area contributed by atoms with Crippen molar-refractivity contribution >= 4 is 5.91 Å². The lowest BCUT2D eigenvalue weighted by Gasteiger charge is -2.16. The molecular formula is C13H16N2O. The normalized spacial score (nSPS) is 13.6. The van der Waals surface area contributed by atoms with Crippen molar-refractivity contribution in [1.82, 2.24) is 5.32 Å². The summed E-state index contributed by atoms with van der Waals surface area (Å²) in [7, 11) is 0. The van der Waals surface area contributed by atoms with Crippen LogP contribution >= 0.6 is 0 Å². The summed E-state index contributed by atoms with van der Waals surface area (Å²) in [5.74, 6) is 2.30. The minimum absolute atomic E-state index is 0.0488. The van der Waals surface area contributed by atoms with Crippen LogP contribution in [0, 0.1) is 12.3 Å². The summed E-state index contributed by atoms with van der Waals surface area (Å²) in [6, 6.07) is 8.57. The van der Waals surface area contributed by atoms with E-state index < -0.39 is 6.04 Å². The second kappa shape index (κ2) is 5.94. The SMILES string of the molecule is C#CCC(C)NC(=O)[C@@H](N)c1ccccc1. The zero-order chi connectivity index (χ0) is 12.0. The molecule has 0 aliphatic carbocycles. The summed E-state index contributed by atoms with van der Waals surface area (Å²) >= 11 is 0. The predicted molar refractivity (Wildman–Crippen MR) is 64.4 cm³/mol. The third-order valence-electron chi connectivity index (χ3n) is 2.25. The summed E-state index contributed by atoms with van der Waals surface area (Å²) in [4.78, 5) is 11.7. The van der Waals surface area contributed by atoms with E-state index >= 15 is 0 Å². The number of hydrogen-bond donors (Lipinski definition) is 2. The molecule has 16 heavy (non-hydrogen) atoms. The van der Waals surface area contributed by atoms with E-state index in [1.165, 1.54) is 0 Å². The Balaban J connectivity index is 2.59. The number of amides is 1. The summed E-state index contributed by atoms with van der Waals surface area (Å²) in [6.45, 7) is 1.86. The average molecular weight is 216 g/mol. The first-order valence-corrected chi connectivity index (χ1v) is 5.19. The van der Waals surface area contributed by atoms with E-state index in [9.17, 15) is 4.79 Å². The van der Waals surface area contributed by atoms with Crippen LogP contribution in [-0.2, 0) is 4.79 Å². The fourth-order valence-electron chi connectivity index (χ4n) is 1.37. The van der Waals surface area contributed by atoms with Crippen LogP contribution in [0.5, 0.6) is 0 Å². The lowest BCUT2D eigenvalue weighted by Crippen LogP contribution is -2.39. The minimum Gasteiger partial charge on any atom is -0.351 e. The summed E-state index contributed by atoms with van der Waals surface area (Å²) < 4.78 is 0. The number of nitrogens with one attached hydrogen (secondary N) is 1. The minimum atomic E-state index is -0.638. The van der Waals surface area contributed by atoms with Crippen LogP contribution in [0.15, 0.2) is 30.3 Å². The Hall–Kier alpha value is -1.79. The quantitative estimate of drug-likeness (QED) is 0.743. The third kappa shape index (κ3) is 3.41. The van der Waals surface area contributed by atoms with Gasteiger partial charge in [-0.15, -0.1) is 12.3 Å². The van der Waals surface area contributed by atoms with Gasteiger partial charge in [0.15, 0.2) is 0 Å². The summed E-state index contributed by atoms with van der Waals surface area (Å²) in [5, 5.41) is 2.77. The van der Waals surface area contributed by atoms with E-state index in [1.54, 1.807) is 0 Å². The Morgan fingerprint density at radius 1 is 1.50 bits per heavy atom. The topological polar surface area (TPSA) is 55.1 Å². The Morgan fingerprint density at radius 2 is 2.12 bits per heavy atom. The lowest BCUT2D eigenvalue weighted by molar-refractivity contribution is -0.123. The monoisotopic (exact) mass is 216 g/mol. The van der Waals surface area contributed by atoms with Crippen LogP contribution in [0.2, 0.25) is 0 Å². The Morgan fingerprint density at radius 3 is 2.69 bits per heavy atom. The zero-order valence-corrected chi connectivity index (χ0v) is 9.31. The van der Waals surface area contributed by atoms with Crippen molar-refractivity contribution in [3.8, 4) is 12.3 Å². The third-order valence-corrected chi connectivity index (χ3v) is 2.25. The molecular weight excluding hydrogens is 200 g/mol. The van der Waals surface area contributed by atoms with E-state index in [1.807, 2.05) is 37.3 Å². The van der Waals surface area contributed by atoms with Gasteiger partial charge in [-0.05, 0) is 12.5 Å². The van der Waals surface area contributed by atoms with E-state index in [2.05, 4.69) is 11.2 Å². The molecule has 0 saturated carbocycles. The molecule has 84 valence electrons. The molecule has 0 bridgehead atoms. The second-order valence-electron chi connectivity index (χ2n) is 3.71. The van der Waals surface area contributed by atoms with Crippen molar-refractivity contribution in [1.29, 1.82) is 0 Å². The molecule has 3 N–H and O–H groups in total. The molecule has 0 aliphatic rings. The first-order chi connectivity index (χ1) is 7.65. The lowest BCUT2D eigenvalue weighted by atomic mass is 10.1. The van der Waals surface area contributed by atoms with E-state index in [4.69, 9.17) is 12.2 Å². The molecule has 1 aromatic rings. The highest BCUT2D eigenvalue weighted by molar-refractivity contribution is 5.83. The van der Waals surface area contributed by atoms with Crippen molar-refractivity contribution in [3.63, 3.8) is 0 Å². The fourth-order valence-corrected chi connectivity index (χ4v) is 1.37. The van der Waals surface area contributed by atoms with Gasteiger partial charge in [-0.25, -0.2) is 0 Å². The number of carbonyl (C=O) groups is 1. The van der Waals surface area contributed by atoms with Crippen molar-refractivity contribution in [2.24, 2.45) is 5.73 Å². The van der Waals surface area contributed by atoms with Gasteiger partial charge in [0.25, 0.3) is 0 Å². The summed E-state index contributed by atoms with van der Waals surface area (Å²) in [5.41, 5.74) is 6.62. The van der Waals surface area contributed by atoms with Gasteiger partial charge in [0, 0.05) is 12.5 Å². The Bertz CT molecular complexity index is 381. The van der Waals surface area contributed by atoms with Gasteiger partial charge in [0.1, 0.15) is 6.04 Å². The molecule has 1 unspecified atom stereocenters. The van der Waals surface area contributed by atoms with Gasteiger partial charge in [-0.3, -0.25) is 4.79 Å². The molecule has 0 fully saturated rings. The van der Waals surface area contributed by atoms with E-state index in [0.29, 0.717) is 6.42 Å². The van der Waals surface area contributed by atoms with Crippen LogP contribution in [-0.4, -0.2) is 11.9 Å². The molecule has 3 nitrogen and oxygen atoms in total. The molecule has 0 heterocycles. The maximum Gasteiger partial charge on any atom is 0.241 e. The van der Waals surface area contributed by atoms with Gasteiger partial charge < -0.3 is 11.1 Å². The first kappa shape index (κ1) is 12.3. The zero-order valence-electron chi connectivity index (χ0n) is 9.31. The number of benzene rings is 1. The molecule has 1 aromatic carbocycles. The maximum atomic E-state index is 11.7. The molecule has 3 heteroatoms. The highest BCUT2D eigenvalue weighted by Crippen LogP contribution is 2.09. The number of hydrogen-bond acceptors (Lipinski definition) is 2. The first-order valence-electron chi connectivity index (χ1n) is 5.19. The number of nitrogens with two attached hydrogens (primary N) is 1. The van der Waals surface area contributed by atoms with Crippen molar-refractivity contribution in [3.05, 3.63) is 35.9 Å². The maximum absolute atomic E-state index is 11.7. The summed E-state index contributed by atoms with van der Waals surface area (Å²) in [6.07, 6.45) is 5.67. The van der Waals surface area contributed by atoms with Gasteiger partial charge in [0.05, 0.1) is 0 Å². The standard InChI is InChI=1S/C13H16N2O/c1-3-7-10(2)15-13(16)12(14)11-8-5-4-6-9-11/h1,4-6,8-10,12H,7,14H2,2H3,(H,15,16)/t10?,12-/m0/s1. The van der Waals surface area contributed by atoms with Crippen LogP contribution in [0.4, 0.5) is 0 Å². The highest BCUT2D eigenvalue weighted by atomic mass is 16.2. The van der Waals surface area contributed by atoms with Crippen LogP contribution in [0.25, 0.3) is 0 Å².